The summed E-state index contributed by atoms with van der Waals surface area (Å²) in [4.78, 5) is 4.27. The molecular formula is C12H9BrFN3S. The van der Waals surface area contributed by atoms with Crippen LogP contribution in [0.4, 0.5) is 15.8 Å². The summed E-state index contributed by atoms with van der Waals surface area (Å²) in [6.07, 6.45) is 1.60. The van der Waals surface area contributed by atoms with Crippen LogP contribution < -0.4 is 11.1 Å². The van der Waals surface area contributed by atoms with Gasteiger partial charge in [0.15, 0.2) is 0 Å². The molecule has 0 aliphatic heterocycles. The van der Waals surface area contributed by atoms with Crippen LogP contribution in [-0.2, 0) is 0 Å². The van der Waals surface area contributed by atoms with E-state index in [0.717, 1.165) is 0 Å². The van der Waals surface area contributed by atoms with E-state index in [-0.39, 0.29) is 10.8 Å². The maximum atomic E-state index is 13.4. The Morgan fingerprint density at radius 2 is 2.17 bits per heavy atom. The second-order valence-corrected chi connectivity index (χ2v) is 4.81. The fraction of sp³-hybridized carbons (Fsp3) is 0. The van der Waals surface area contributed by atoms with E-state index in [2.05, 4.69) is 26.2 Å². The lowest BCUT2D eigenvalue weighted by Gasteiger charge is -2.10. The number of rotatable bonds is 3. The summed E-state index contributed by atoms with van der Waals surface area (Å²) in [5, 5.41) is 3.03. The number of nitrogens with one attached hydrogen (secondary N) is 1. The third-order valence-electron chi connectivity index (χ3n) is 2.24. The lowest BCUT2D eigenvalue weighted by Crippen LogP contribution is -2.13. The number of anilines is 2. The molecule has 1 aromatic heterocycles. The van der Waals surface area contributed by atoms with Gasteiger partial charge < -0.3 is 11.1 Å². The fourth-order valence-corrected chi connectivity index (χ4v) is 1.84. The van der Waals surface area contributed by atoms with Crippen LogP contribution in [0.1, 0.15) is 5.69 Å². The van der Waals surface area contributed by atoms with Gasteiger partial charge in [0.25, 0.3) is 0 Å². The van der Waals surface area contributed by atoms with Crippen LogP contribution >= 0.6 is 28.1 Å². The van der Waals surface area contributed by atoms with Crippen molar-refractivity contribution in [1.29, 1.82) is 0 Å². The zero-order valence-corrected chi connectivity index (χ0v) is 11.6. The van der Waals surface area contributed by atoms with Crippen molar-refractivity contribution in [3.8, 4) is 0 Å². The highest BCUT2D eigenvalue weighted by Crippen LogP contribution is 2.23. The van der Waals surface area contributed by atoms with Gasteiger partial charge in [-0.2, -0.15) is 0 Å². The average Bonchev–Trinajstić information content (AvgIpc) is 2.34. The molecule has 3 nitrogen and oxygen atoms in total. The number of nitrogens with two attached hydrogens (primary N) is 1. The summed E-state index contributed by atoms with van der Waals surface area (Å²) >= 11 is 8.00. The highest BCUT2D eigenvalue weighted by atomic mass is 79.9. The van der Waals surface area contributed by atoms with Crippen molar-refractivity contribution >= 4 is 44.5 Å². The van der Waals surface area contributed by atoms with Crippen molar-refractivity contribution in [2.24, 2.45) is 5.73 Å². The zero-order valence-electron chi connectivity index (χ0n) is 9.15. The first-order valence-electron chi connectivity index (χ1n) is 5.05. The number of pyridine rings is 1. The summed E-state index contributed by atoms with van der Waals surface area (Å²) in [6.45, 7) is 0. The van der Waals surface area contributed by atoms with Crippen molar-refractivity contribution in [3.05, 3.63) is 52.5 Å². The lowest BCUT2D eigenvalue weighted by molar-refractivity contribution is 0.622. The van der Waals surface area contributed by atoms with E-state index in [4.69, 9.17) is 18.0 Å². The fourth-order valence-electron chi connectivity index (χ4n) is 1.43. The Bertz CT molecular complexity index is 604. The molecule has 0 amide bonds. The molecule has 2 rings (SSSR count). The van der Waals surface area contributed by atoms with Crippen LogP contribution in [0.15, 0.2) is 41.0 Å². The molecular weight excluding hydrogens is 317 g/mol. The third-order valence-corrected chi connectivity index (χ3v) is 3.08. The Morgan fingerprint density at radius 3 is 2.83 bits per heavy atom. The molecule has 1 aromatic carbocycles. The van der Waals surface area contributed by atoms with Crippen LogP contribution in [0.2, 0.25) is 0 Å². The molecule has 1 heterocycles. The molecule has 3 N–H and O–H groups in total. The van der Waals surface area contributed by atoms with Gasteiger partial charge in [-0.15, -0.1) is 0 Å². The van der Waals surface area contributed by atoms with Crippen molar-refractivity contribution in [2.75, 3.05) is 5.32 Å². The van der Waals surface area contributed by atoms with E-state index in [1.807, 2.05) is 0 Å². The monoisotopic (exact) mass is 325 g/mol. The standard InChI is InChI=1S/C12H9BrFN3S/c13-8-4-3-7(6-9(8)14)17-10-2-1-5-16-11(10)12(15)18/h1-6,17H,(H2,15,18). The molecule has 0 fully saturated rings. The smallest absolute Gasteiger partial charge is 0.139 e. The van der Waals surface area contributed by atoms with Crippen molar-refractivity contribution in [3.63, 3.8) is 0 Å². The third kappa shape index (κ3) is 2.83. The van der Waals surface area contributed by atoms with Crippen molar-refractivity contribution < 1.29 is 4.39 Å². The largest absolute Gasteiger partial charge is 0.388 e. The molecule has 0 aliphatic carbocycles. The molecule has 2 aromatic rings. The summed E-state index contributed by atoms with van der Waals surface area (Å²) < 4.78 is 13.8. The minimum absolute atomic E-state index is 0.190. The molecule has 0 saturated heterocycles. The molecule has 0 unspecified atom stereocenters. The molecule has 0 spiro atoms. The lowest BCUT2D eigenvalue weighted by atomic mass is 10.2. The molecule has 18 heavy (non-hydrogen) atoms. The number of nitrogens with zero attached hydrogens (tertiary/aromatic N) is 1. The minimum atomic E-state index is -0.347. The summed E-state index contributed by atoms with van der Waals surface area (Å²) in [5.74, 6) is -0.347. The molecule has 0 saturated carbocycles. The van der Waals surface area contributed by atoms with E-state index in [1.165, 1.54) is 6.07 Å². The molecule has 0 radical (unpaired) electrons. The van der Waals surface area contributed by atoms with Gasteiger partial charge in [-0.1, -0.05) is 12.2 Å². The predicted octanol–water partition coefficient (Wildman–Crippen LogP) is 3.36. The van der Waals surface area contributed by atoms with E-state index in [0.29, 0.717) is 21.5 Å². The average molecular weight is 326 g/mol. The number of hydrogen-bond donors (Lipinski definition) is 2. The predicted molar refractivity (Wildman–Crippen MR) is 77.5 cm³/mol. The van der Waals surface area contributed by atoms with Gasteiger partial charge in [-0.05, 0) is 46.3 Å². The highest BCUT2D eigenvalue weighted by molar-refractivity contribution is 9.10. The Labute approximate surface area is 117 Å². The topological polar surface area (TPSA) is 50.9 Å². The van der Waals surface area contributed by atoms with Gasteiger partial charge in [-0.3, -0.25) is 4.98 Å². The van der Waals surface area contributed by atoms with Gasteiger partial charge in [0.1, 0.15) is 16.5 Å². The SMILES string of the molecule is NC(=S)c1ncccc1Nc1ccc(Br)c(F)c1. The number of benzene rings is 1. The van der Waals surface area contributed by atoms with Gasteiger partial charge in [0.2, 0.25) is 0 Å². The second-order valence-electron chi connectivity index (χ2n) is 3.52. The zero-order chi connectivity index (χ0) is 13.1. The second kappa shape index (κ2) is 5.41. The van der Waals surface area contributed by atoms with Crippen LogP contribution in [0.25, 0.3) is 0 Å². The van der Waals surface area contributed by atoms with Gasteiger partial charge >= 0.3 is 0 Å². The summed E-state index contributed by atoms with van der Waals surface area (Å²) in [5.41, 5.74) is 7.30. The Balaban J connectivity index is 2.34. The number of hydrogen-bond acceptors (Lipinski definition) is 3. The van der Waals surface area contributed by atoms with Crippen LogP contribution in [0.3, 0.4) is 0 Å². The number of halogens is 2. The first-order chi connectivity index (χ1) is 8.58. The maximum absolute atomic E-state index is 13.4. The van der Waals surface area contributed by atoms with Gasteiger partial charge in [-0.25, -0.2) is 4.39 Å². The van der Waals surface area contributed by atoms with E-state index < -0.39 is 0 Å². The van der Waals surface area contributed by atoms with Crippen molar-refractivity contribution in [1.82, 2.24) is 4.98 Å². The molecule has 0 bridgehead atoms. The first-order valence-corrected chi connectivity index (χ1v) is 6.25. The van der Waals surface area contributed by atoms with Crippen molar-refractivity contribution in [2.45, 2.75) is 0 Å². The minimum Gasteiger partial charge on any atom is -0.388 e. The Morgan fingerprint density at radius 1 is 1.39 bits per heavy atom. The number of aromatic nitrogens is 1. The van der Waals surface area contributed by atoms with E-state index in [1.54, 1.807) is 30.5 Å². The summed E-state index contributed by atoms with van der Waals surface area (Å²) in [6, 6.07) is 8.26. The van der Waals surface area contributed by atoms with Gasteiger partial charge in [0.05, 0.1) is 10.2 Å². The van der Waals surface area contributed by atoms with Gasteiger partial charge in [0, 0.05) is 11.9 Å². The normalized spacial score (nSPS) is 10.1. The van der Waals surface area contributed by atoms with E-state index >= 15 is 0 Å². The molecule has 0 aliphatic rings. The first kappa shape index (κ1) is 12.9. The van der Waals surface area contributed by atoms with Crippen LogP contribution in [-0.4, -0.2) is 9.97 Å². The Hall–Kier alpha value is -1.53. The van der Waals surface area contributed by atoms with E-state index in [9.17, 15) is 4.39 Å². The number of thiocarbonyl (C=S) groups is 1. The maximum Gasteiger partial charge on any atom is 0.139 e. The molecule has 6 heteroatoms. The highest BCUT2D eigenvalue weighted by Gasteiger charge is 2.07. The van der Waals surface area contributed by atoms with Crippen LogP contribution in [0.5, 0.6) is 0 Å². The Kier molecular flexibility index (Phi) is 3.88. The molecule has 0 atom stereocenters. The molecule has 92 valence electrons. The van der Waals surface area contributed by atoms with Crippen LogP contribution in [0, 0.1) is 5.82 Å². The summed E-state index contributed by atoms with van der Waals surface area (Å²) in [7, 11) is 0. The quantitative estimate of drug-likeness (QED) is 0.849.